The first-order chi connectivity index (χ1) is 9.47. The molecule has 2 atom stereocenters. The Kier molecular flexibility index (Phi) is 4.34. The predicted molar refractivity (Wildman–Crippen MR) is 75.4 cm³/mol. The van der Waals surface area contributed by atoms with Gasteiger partial charge in [-0.2, -0.15) is 0 Å². The van der Waals surface area contributed by atoms with Crippen molar-refractivity contribution in [2.45, 2.75) is 32.4 Å². The van der Waals surface area contributed by atoms with Gasteiger partial charge in [0, 0.05) is 36.8 Å². The van der Waals surface area contributed by atoms with Gasteiger partial charge in [-0.25, -0.2) is 0 Å². The summed E-state index contributed by atoms with van der Waals surface area (Å²) in [6, 6.07) is 6.90. The van der Waals surface area contributed by atoms with Crippen LogP contribution in [0, 0.1) is 10.1 Å². The molecule has 20 heavy (non-hydrogen) atoms. The first-order valence-corrected chi connectivity index (χ1v) is 6.73. The minimum Gasteiger partial charge on any atom is -0.339 e. The zero-order valence-corrected chi connectivity index (χ0v) is 11.7. The fourth-order valence-electron chi connectivity index (χ4n) is 2.64. The lowest BCUT2D eigenvalue weighted by atomic mass is 10.1. The number of nitro benzene ring substituents is 1. The molecule has 1 amide bonds. The lowest BCUT2D eigenvalue weighted by Crippen LogP contribution is -2.56. The lowest BCUT2D eigenvalue weighted by Gasteiger charge is -2.36. The van der Waals surface area contributed by atoms with Crippen molar-refractivity contribution >= 4 is 11.6 Å². The minimum atomic E-state index is -0.439. The summed E-state index contributed by atoms with van der Waals surface area (Å²) in [7, 11) is 0. The van der Waals surface area contributed by atoms with Crippen molar-refractivity contribution in [3.05, 3.63) is 39.9 Å². The van der Waals surface area contributed by atoms with E-state index in [1.54, 1.807) is 23.1 Å². The molecule has 1 aliphatic rings. The van der Waals surface area contributed by atoms with Crippen LogP contribution in [0.3, 0.4) is 0 Å². The standard InChI is InChI=1S/C14H19N3O3/c1-10-8-16(9-11(2)15-10)14(18)7-12-5-3-4-6-13(12)17(19)20/h3-6,10-11,15H,7-9H2,1-2H3. The van der Waals surface area contributed by atoms with Gasteiger partial charge in [0.2, 0.25) is 5.91 Å². The molecule has 0 aromatic heterocycles. The molecule has 2 unspecified atom stereocenters. The van der Waals surface area contributed by atoms with Crippen molar-refractivity contribution in [1.82, 2.24) is 10.2 Å². The number of nitrogens with one attached hydrogen (secondary N) is 1. The Labute approximate surface area is 117 Å². The summed E-state index contributed by atoms with van der Waals surface area (Å²) in [6.45, 7) is 5.34. The molecule has 6 nitrogen and oxygen atoms in total. The van der Waals surface area contributed by atoms with Crippen LogP contribution in [0.2, 0.25) is 0 Å². The molecule has 1 fully saturated rings. The molecule has 1 aromatic carbocycles. The summed E-state index contributed by atoms with van der Waals surface area (Å²) in [4.78, 5) is 24.6. The molecule has 1 aromatic rings. The van der Waals surface area contributed by atoms with Crippen LogP contribution in [0.15, 0.2) is 24.3 Å². The molecule has 1 saturated heterocycles. The van der Waals surface area contributed by atoms with Gasteiger partial charge in [-0.05, 0) is 13.8 Å². The summed E-state index contributed by atoms with van der Waals surface area (Å²) in [6.07, 6.45) is 0.0800. The van der Waals surface area contributed by atoms with Gasteiger partial charge in [-0.15, -0.1) is 0 Å². The molecule has 0 spiro atoms. The highest BCUT2D eigenvalue weighted by molar-refractivity contribution is 5.80. The van der Waals surface area contributed by atoms with Gasteiger partial charge < -0.3 is 10.2 Å². The van der Waals surface area contributed by atoms with Crippen LogP contribution in [-0.4, -0.2) is 40.9 Å². The summed E-state index contributed by atoms with van der Waals surface area (Å²) in [5.41, 5.74) is 0.485. The van der Waals surface area contributed by atoms with Crippen molar-refractivity contribution < 1.29 is 9.72 Å². The summed E-state index contributed by atoms with van der Waals surface area (Å²) >= 11 is 0. The molecular formula is C14H19N3O3. The number of para-hydroxylation sites is 1. The van der Waals surface area contributed by atoms with Gasteiger partial charge >= 0.3 is 0 Å². The van der Waals surface area contributed by atoms with Gasteiger partial charge in [0.1, 0.15) is 0 Å². The van der Waals surface area contributed by atoms with Gasteiger partial charge in [0.25, 0.3) is 5.69 Å². The molecule has 0 bridgehead atoms. The van der Waals surface area contributed by atoms with E-state index < -0.39 is 4.92 Å². The second kappa shape index (κ2) is 6.00. The summed E-state index contributed by atoms with van der Waals surface area (Å²) < 4.78 is 0. The Morgan fingerprint density at radius 3 is 2.55 bits per heavy atom. The highest BCUT2D eigenvalue weighted by atomic mass is 16.6. The number of hydrogen-bond donors (Lipinski definition) is 1. The van der Waals surface area contributed by atoms with Crippen LogP contribution in [0.5, 0.6) is 0 Å². The van der Waals surface area contributed by atoms with E-state index >= 15 is 0 Å². The zero-order valence-electron chi connectivity index (χ0n) is 11.7. The number of carbonyl (C=O) groups excluding carboxylic acids is 1. The number of nitro groups is 1. The van der Waals surface area contributed by atoms with Crippen LogP contribution in [0.1, 0.15) is 19.4 Å². The Bertz CT molecular complexity index is 508. The Hall–Kier alpha value is -1.95. The van der Waals surface area contributed by atoms with Crippen LogP contribution < -0.4 is 5.32 Å². The monoisotopic (exact) mass is 277 g/mol. The molecule has 0 saturated carbocycles. The van der Waals surface area contributed by atoms with E-state index in [9.17, 15) is 14.9 Å². The Morgan fingerprint density at radius 1 is 1.35 bits per heavy atom. The number of amides is 1. The van der Waals surface area contributed by atoms with Crippen LogP contribution in [-0.2, 0) is 11.2 Å². The third-order valence-corrected chi connectivity index (χ3v) is 3.44. The largest absolute Gasteiger partial charge is 0.339 e. The molecule has 0 aliphatic carbocycles. The number of rotatable bonds is 3. The second-order valence-corrected chi connectivity index (χ2v) is 5.33. The second-order valence-electron chi connectivity index (χ2n) is 5.33. The number of nitrogens with zero attached hydrogens (tertiary/aromatic N) is 2. The lowest BCUT2D eigenvalue weighted by molar-refractivity contribution is -0.385. The third-order valence-electron chi connectivity index (χ3n) is 3.44. The first-order valence-electron chi connectivity index (χ1n) is 6.73. The Balaban J connectivity index is 2.10. The molecule has 6 heteroatoms. The molecule has 0 radical (unpaired) electrons. The highest BCUT2D eigenvalue weighted by Crippen LogP contribution is 2.19. The van der Waals surface area contributed by atoms with Crippen LogP contribution in [0.25, 0.3) is 0 Å². The van der Waals surface area contributed by atoms with Gasteiger partial charge in [-0.1, -0.05) is 18.2 Å². The van der Waals surface area contributed by atoms with Crippen molar-refractivity contribution in [1.29, 1.82) is 0 Å². The Morgan fingerprint density at radius 2 is 1.95 bits per heavy atom. The minimum absolute atomic E-state index is 0.0112. The first kappa shape index (κ1) is 14.5. The summed E-state index contributed by atoms with van der Waals surface area (Å²) in [5.74, 6) is -0.0560. The van der Waals surface area contributed by atoms with Crippen molar-refractivity contribution in [3.63, 3.8) is 0 Å². The molecule has 1 aliphatic heterocycles. The van der Waals surface area contributed by atoms with Crippen LogP contribution in [0.4, 0.5) is 5.69 Å². The molecular weight excluding hydrogens is 258 g/mol. The van der Waals surface area contributed by atoms with E-state index in [1.165, 1.54) is 6.07 Å². The van der Waals surface area contributed by atoms with Gasteiger partial charge in [0.15, 0.2) is 0 Å². The van der Waals surface area contributed by atoms with Crippen molar-refractivity contribution in [2.75, 3.05) is 13.1 Å². The van der Waals surface area contributed by atoms with E-state index in [0.29, 0.717) is 18.7 Å². The number of piperazine rings is 1. The van der Waals surface area contributed by atoms with E-state index in [1.807, 2.05) is 13.8 Å². The molecule has 1 N–H and O–H groups in total. The highest BCUT2D eigenvalue weighted by Gasteiger charge is 2.26. The fraction of sp³-hybridized carbons (Fsp3) is 0.500. The predicted octanol–water partition coefficient (Wildman–Crippen LogP) is 1.35. The maximum Gasteiger partial charge on any atom is 0.273 e. The maximum atomic E-state index is 12.3. The molecule has 2 rings (SSSR count). The molecule has 1 heterocycles. The topological polar surface area (TPSA) is 75.5 Å². The third kappa shape index (κ3) is 3.33. The van der Waals surface area contributed by atoms with E-state index in [-0.39, 0.29) is 30.1 Å². The van der Waals surface area contributed by atoms with E-state index in [0.717, 1.165) is 0 Å². The SMILES string of the molecule is CC1CN(C(=O)Cc2ccccc2[N+](=O)[O-])CC(C)N1. The van der Waals surface area contributed by atoms with Crippen molar-refractivity contribution in [2.24, 2.45) is 0 Å². The van der Waals surface area contributed by atoms with Gasteiger partial charge in [-0.3, -0.25) is 14.9 Å². The number of benzene rings is 1. The maximum absolute atomic E-state index is 12.3. The number of carbonyl (C=O) groups is 1. The van der Waals surface area contributed by atoms with E-state index in [2.05, 4.69) is 5.32 Å². The number of hydrogen-bond acceptors (Lipinski definition) is 4. The average Bonchev–Trinajstić information content (AvgIpc) is 2.37. The zero-order chi connectivity index (χ0) is 14.7. The molecule has 108 valence electrons. The van der Waals surface area contributed by atoms with Gasteiger partial charge in [0.05, 0.1) is 11.3 Å². The van der Waals surface area contributed by atoms with Crippen molar-refractivity contribution in [3.8, 4) is 0 Å². The van der Waals surface area contributed by atoms with E-state index in [4.69, 9.17) is 0 Å². The normalized spacial score (nSPS) is 22.6. The average molecular weight is 277 g/mol. The fourth-order valence-corrected chi connectivity index (χ4v) is 2.64. The smallest absolute Gasteiger partial charge is 0.273 e. The summed E-state index contributed by atoms with van der Waals surface area (Å²) in [5, 5.41) is 14.3. The quantitative estimate of drug-likeness (QED) is 0.668. The van der Waals surface area contributed by atoms with Crippen LogP contribution >= 0.6 is 0 Å².